The van der Waals surface area contributed by atoms with Gasteiger partial charge < -0.3 is 10.3 Å². The van der Waals surface area contributed by atoms with Crippen LogP contribution in [0, 0.1) is 0 Å². The zero-order chi connectivity index (χ0) is 22.1. The van der Waals surface area contributed by atoms with E-state index in [0.717, 1.165) is 28.7 Å². The van der Waals surface area contributed by atoms with E-state index in [4.69, 9.17) is 10.3 Å². The summed E-state index contributed by atoms with van der Waals surface area (Å²) in [5.74, 6) is 2.09. The number of hydrogen-bond acceptors (Lipinski definition) is 7. The minimum atomic E-state index is -0.429. The second-order valence-corrected chi connectivity index (χ2v) is 7.60. The van der Waals surface area contributed by atoms with Gasteiger partial charge in [0.05, 0.1) is 18.6 Å². The Kier molecular flexibility index (Phi) is 6.47. The van der Waals surface area contributed by atoms with Crippen molar-refractivity contribution < 1.29 is 8.91 Å². The SMILES string of the molecule is Cl.NC/C(=C\F)Cn1ncn(-c2cccc(-c3ccc(-c4noc(C5CC5)n4)cc3)n2)c1=O. The van der Waals surface area contributed by atoms with Crippen molar-refractivity contribution >= 4 is 12.4 Å². The highest BCUT2D eigenvalue weighted by molar-refractivity contribution is 5.85. The molecule has 1 saturated carbocycles. The smallest absolute Gasteiger partial charge is 0.339 e. The lowest BCUT2D eigenvalue weighted by Gasteiger charge is -2.05. The van der Waals surface area contributed by atoms with Crippen molar-refractivity contribution in [2.75, 3.05) is 6.54 Å². The van der Waals surface area contributed by atoms with Gasteiger partial charge in [-0.15, -0.1) is 12.4 Å². The van der Waals surface area contributed by atoms with Crippen LogP contribution in [-0.4, -0.2) is 36.0 Å². The fourth-order valence-corrected chi connectivity index (χ4v) is 3.30. The molecule has 0 saturated heterocycles. The van der Waals surface area contributed by atoms with Gasteiger partial charge >= 0.3 is 5.69 Å². The highest BCUT2D eigenvalue weighted by atomic mass is 35.5. The van der Waals surface area contributed by atoms with E-state index in [1.54, 1.807) is 6.07 Å². The van der Waals surface area contributed by atoms with Crippen molar-refractivity contribution in [3.63, 3.8) is 0 Å². The average molecular weight is 470 g/mol. The Morgan fingerprint density at radius 1 is 1.15 bits per heavy atom. The van der Waals surface area contributed by atoms with Crippen LogP contribution in [0.25, 0.3) is 28.5 Å². The Morgan fingerprint density at radius 3 is 2.61 bits per heavy atom. The monoisotopic (exact) mass is 469 g/mol. The Labute approximate surface area is 194 Å². The number of rotatable bonds is 7. The summed E-state index contributed by atoms with van der Waals surface area (Å²) in [5.41, 5.74) is 7.72. The highest BCUT2D eigenvalue weighted by Crippen LogP contribution is 2.39. The van der Waals surface area contributed by atoms with Crippen LogP contribution in [0.4, 0.5) is 4.39 Å². The summed E-state index contributed by atoms with van der Waals surface area (Å²) in [4.78, 5) is 21.7. The lowest BCUT2D eigenvalue weighted by atomic mass is 10.1. The Morgan fingerprint density at radius 2 is 1.91 bits per heavy atom. The van der Waals surface area contributed by atoms with E-state index < -0.39 is 5.69 Å². The van der Waals surface area contributed by atoms with Gasteiger partial charge in [0.25, 0.3) is 0 Å². The maximum atomic E-state index is 12.8. The molecule has 1 aliphatic rings. The molecule has 0 spiro atoms. The number of benzene rings is 1. The molecule has 11 heteroatoms. The van der Waals surface area contributed by atoms with E-state index in [-0.39, 0.29) is 31.1 Å². The zero-order valence-corrected chi connectivity index (χ0v) is 18.3. The van der Waals surface area contributed by atoms with Gasteiger partial charge in [-0.2, -0.15) is 10.1 Å². The first-order valence-corrected chi connectivity index (χ1v) is 10.2. The second-order valence-electron chi connectivity index (χ2n) is 7.60. The molecule has 0 atom stereocenters. The first kappa shape index (κ1) is 22.6. The van der Waals surface area contributed by atoms with Gasteiger partial charge in [0, 0.05) is 23.6 Å². The van der Waals surface area contributed by atoms with Gasteiger partial charge in [-0.05, 0) is 30.5 Å². The summed E-state index contributed by atoms with van der Waals surface area (Å²) in [6.07, 6.45) is 3.96. The van der Waals surface area contributed by atoms with Crippen LogP contribution in [-0.2, 0) is 6.54 Å². The van der Waals surface area contributed by atoms with Crippen LogP contribution < -0.4 is 11.4 Å². The summed E-state index contributed by atoms with van der Waals surface area (Å²) in [7, 11) is 0. The van der Waals surface area contributed by atoms with Gasteiger partial charge in [-0.25, -0.2) is 23.4 Å². The minimum absolute atomic E-state index is 0. The van der Waals surface area contributed by atoms with E-state index in [9.17, 15) is 9.18 Å². The summed E-state index contributed by atoms with van der Waals surface area (Å²) in [6.45, 7) is -0.0101. The van der Waals surface area contributed by atoms with Gasteiger partial charge in [0.1, 0.15) is 12.1 Å². The average Bonchev–Trinajstić information content (AvgIpc) is 3.46. The lowest BCUT2D eigenvalue weighted by Crippen LogP contribution is -2.26. The molecule has 0 bridgehead atoms. The van der Waals surface area contributed by atoms with E-state index in [0.29, 0.717) is 35.5 Å². The van der Waals surface area contributed by atoms with E-state index in [2.05, 4.69) is 20.2 Å². The number of aromatic nitrogens is 6. The minimum Gasteiger partial charge on any atom is -0.339 e. The van der Waals surface area contributed by atoms with Crippen molar-refractivity contribution in [3.05, 3.63) is 77.1 Å². The largest absolute Gasteiger partial charge is 0.351 e. The summed E-state index contributed by atoms with van der Waals surface area (Å²) < 4.78 is 20.6. The predicted molar refractivity (Wildman–Crippen MR) is 122 cm³/mol. The van der Waals surface area contributed by atoms with Crippen molar-refractivity contribution in [1.82, 2.24) is 29.5 Å². The van der Waals surface area contributed by atoms with Gasteiger partial charge in [-0.3, -0.25) is 0 Å². The maximum Gasteiger partial charge on any atom is 0.351 e. The van der Waals surface area contributed by atoms with Crippen LogP contribution in [0.5, 0.6) is 0 Å². The van der Waals surface area contributed by atoms with Gasteiger partial charge in [-0.1, -0.05) is 35.5 Å². The predicted octanol–water partition coefficient (Wildman–Crippen LogP) is 3.26. The van der Waals surface area contributed by atoms with Gasteiger partial charge in [0.2, 0.25) is 11.7 Å². The third kappa shape index (κ3) is 4.62. The standard InChI is InChI=1S/C22H20FN7O2.ClH/c23-10-14(11-24)12-30-22(31)29(13-25-30)19-3-1-2-18(26-19)15-4-6-16(7-5-15)20-27-21(32-28-20)17-8-9-17;/h1-7,10,13,17H,8-9,11-12,24H2;1H/b14-10+;. The van der Waals surface area contributed by atoms with Crippen LogP contribution in [0.3, 0.4) is 0 Å². The van der Waals surface area contributed by atoms with Crippen LogP contribution in [0.2, 0.25) is 0 Å². The molecule has 3 aromatic heterocycles. The molecule has 4 aromatic rings. The molecule has 5 rings (SSSR count). The third-order valence-corrected chi connectivity index (χ3v) is 5.29. The second kappa shape index (κ2) is 9.47. The van der Waals surface area contributed by atoms with Crippen LogP contribution >= 0.6 is 12.4 Å². The fraction of sp³-hybridized carbons (Fsp3) is 0.227. The van der Waals surface area contributed by atoms with Crippen molar-refractivity contribution in [3.8, 4) is 28.5 Å². The number of halogens is 2. The van der Waals surface area contributed by atoms with Crippen LogP contribution in [0.15, 0.2) is 70.0 Å². The molecule has 33 heavy (non-hydrogen) atoms. The molecule has 0 unspecified atom stereocenters. The van der Waals surface area contributed by atoms with E-state index >= 15 is 0 Å². The fourth-order valence-electron chi connectivity index (χ4n) is 3.30. The molecule has 1 aliphatic carbocycles. The first-order chi connectivity index (χ1) is 15.7. The summed E-state index contributed by atoms with van der Waals surface area (Å²) in [5, 5.41) is 8.10. The molecule has 170 valence electrons. The maximum absolute atomic E-state index is 12.8. The molecule has 0 amide bonds. The van der Waals surface area contributed by atoms with Crippen molar-refractivity contribution in [1.29, 1.82) is 0 Å². The molecule has 1 fully saturated rings. The summed E-state index contributed by atoms with van der Waals surface area (Å²) >= 11 is 0. The number of pyridine rings is 1. The quantitative estimate of drug-likeness (QED) is 0.441. The zero-order valence-electron chi connectivity index (χ0n) is 17.5. The normalized spacial score (nSPS) is 13.7. The van der Waals surface area contributed by atoms with Crippen molar-refractivity contribution in [2.45, 2.75) is 25.3 Å². The third-order valence-electron chi connectivity index (χ3n) is 5.29. The number of nitrogens with zero attached hydrogens (tertiary/aromatic N) is 6. The molecule has 1 aromatic carbocycles. The topological polar surface area (TPSA) is 118 Å². The molecular weight excluding hydrogens is 449 g/mol. The van der Waals surface area contributed by atoms with Gasteiger partial charge in [0.15, 0.2) is 0 Å². The molecule has 9 nitrogen and oxygen atoms in total. The molecule has 0 aliphatic heterocycles. The first-order valence-electron chi connectivity index (χ1n) is 10.2. The summed E-state index contributed by atoms with van der Waals surface area (Å²) in [6, 6.07) is 13.0. The van der Waals surface area contributed by atoms with Crippen LogP contribution in [0.1, 0.15) is 24.7 Å². The molecule has 2 N–H and O–H groups in total. The Hall–Kier alpha value is -3.63. The van der Waals surface area contributed by atoms with E-state index in [1.807, 2.05) is 36.4 Å². The Balaban J connectivity index is 0.00000259. The lowest BCUT2D eigenvalue weighted by molar-refractivity contribution is 0.380. The Bertz CT molecular complexity index is 1340. The number of hydrogen-bond donors (Lipinski definition) is 1. The highest BCUT2D eigenvalue weighted by Gasteiger charge is 2.29. The molecular formula is C22H21ClFN7O2. The van der Waals surface area contributed by atoms with E-state index in [1.165, 1.54) is 10.9 Å². The molecule has 3 heterocycles. The van der Waals surface area contributed by atoms with Crippen molar-refractivity contribution in [2.24, 2.45) is 5.73 Å². The number of nitrogens with two attached hydrogens (primary N) is 1. The molecule has 0 radical (unpaired) electrons.